The van der Waals surface area contributed by atoms with Crippen LogP contribution >= 0.6 is 22.6 Å². The Bertz CT molecular complexity index is 313. The van der Waals surface area contributed by atoms with Crippen LogP contribution in [0.5, 0.6) is 0 Å². The number of rotatable bonds is 1. The molecule has 0 N–H and O–H groups in total. The Morgan fingerprint density at radius 1 is 1.33 bits per heavy atom. The molecule has 0 fully saturated rings. The summed E-state index contributed by atoms with van der Waals surface area (Å²) < 4.78 is 26.2. The van der Waals surface area contributed by atoms with E-state index in [9.17, 15) is 13.6 Å². The minimum atomic E-state index is -0.799. The van der Waals surface area contributed by atoms with Gasteiger partial charge in [-0.05, 0) is 41.6 Å². The van der Waals surface area contributed by atoms with Crippen molar-refractivity contribution < 1.29 is 13.6 Å². The van der Waals surface area contributed by atoms with Crippen LogP contribution in [0, 0.1) is 15.2 Å². The highest BCUT2D eigenvalue weighted by Crippen LogP contribution is 2.16. The predicted octanol–water partition coefficient (Wildman–Crippen LogP) is 2.77. The maximum atomic E-state index is 12.9. The largest absolute Gasteiger partial charge is 0.294 e. The Kier molecular flexibility index (Phi) is 2.76. The number of hydrogen-bond acceptors (Lipinski definition) is 1. The maximum Gasteiger partial charge on any atom is 0.165 e. The van der Waals surface area contributed by atoms with E-state index in [0.29, 0.717) is 3.57 Å². The number of carbonyl (C=O) groups excluding carboxylic acids is 1. The van der Waals surface area contributed by atoms with E-state index >= 15 is 0 Å². The summed E-state index contributed by atoms with van der Waals surface area (Å²) in [7, 11) is 0. The Hall–Kier alpha value is -0.520. The van der Waals surface area contributed by atoms with Gasteiger partial charge in [-0.1, -0.05) is 0 Å². The summed E-state index contributed by atoms with van der Waals surface area (Å²) in [5.41, 5.74) is -0.463. The third-order valence-electron chi connectivity index (χ3n) is 1.36. The monoisotopic (exact) mass is 282 g/mol. The fourth-order valence-corrected chi connectivity index (χ4v) is 1.43. The molecule has 0 spiro atoms. The van der Waals surface area contributed by atoms with Crippen molar-refractivity contribution in [1.29, 1.82) is 0 Å². The van der Waals surface area contributed by atoms with E-state index in [1.807, 2.05) is 0 Å². The third-order valence-corrected chi connectivity index (χ3v) is 1.98. The van der Waals surface area contributed by atoms with Crippen molar-refractivity contribution in [2.45, 2.75) is 6.92 Å². The molecule has 0 aromatic heterocycles. The second-order valence-corrected chi connectivity index (χ2v) is 3.55. The number of hydrogen-bond donors (Lipinski definition) is 0. The molecule has 0 atom stereocenters. The van der Waals surface area contributed by atoms with E-state index in [2.05, 4.69) is 0 Å². The van der Waals surface area contributed by atoms with Crippen molar-refractivity contribution in [2.24, 2.45) is 0 Å². The summed E-state index contributed by atoms with van der Waals surface area (Å²) in [6, 6.07) is 2.25. The Morgan fingerprint density at radius 2 is 1.75 bits per heavy atom. The zero-order valence-corrected chi connectivity index (χ0v) is 8.35. The minimum Gasteiger partial charge on any atom is -0.294 e. The van der Waals surface area contributed by atoms with Crippen LogP contribution in [0.4, 0.5) is 8.78 Å². The zero-order valence-electron chi connectivity index (χ0n) is 6.20. The molecule has 0 amide bonds. The first kappa shape index (κ1) is 9.57. The topological polar surface area (TPSA) is 17.1 Å². The highest BCUT2D eigenvalue weighted by molar-refractivity contribution is 14.1. The van der Waals surface area contributed by atoms with Crippen LogP contribution in [-0.2, 0) is 0 Å². The molecule has 12 heavy (non-hydrogen) atoms. The van der Waals surface area contributed by atoms with Gasteiger partial charge in [0.1, 0.15) is 11.6 Å². The molecule has 0 heterocycles. The van der Waals surface area contributed by atoms with Crippen LogP contribution in [0.25, 0.3) is 0 Å². The van der Waals surface area contributed by atoms with Crippen LogP contribution in [0.1, 0.15) is 17.3 Å². The molecule has 0 bridgehead atoms. The average Bonchev–Trinajstić information content (AvgIpc) is 1.82. The summed E-state index contributed by atoms with van der Waals surface area (Å²) in [4.78, 5) is 10.7. The number of halogens is 3. The van der Waals surface area contributed by atoms with Gasteiger partial charge in [0.15, 0.2) is 5.78 Å². The summed E-state index contributed by atoms with van der Waals surface area (Å²) >= 11 is 1.78. The van der Waals surface area contributed by atoms with Gasteiger partial charge in [-0.3, -0.25) is 4.79 Å². The molecule has 1 nitrogen and oxygen atoms in total. The number of Topliss-reactive ketones (excluding diaryl/α,β-unsaturated/α-hetero) is 1. The van der Waals surface area contributed by atoms with Crippen LogP contribution in [0.15, 0.2) is 12.1 Å². The van der Waals surface area contributed by atoms with Crippen LogP contribution < -0.4 is 0 Å². The Morgan fingerprint density at radius 3 is 2.08 bits per heavy atom. The second kappa shape index (κ2) is 3.47. The lowest BCUT2D eigenvalue weighted by molar-refractivity contribution is 0.101. The minimum absolute atomic E-state index is 0.438. The van der Waals surface area contributed by atoms with Crippen molar-refractivity contribution in [1.82, 2.24) is 0 Å². The maximum absolute atomic E-state index is 12.9. The van der Waals surface area contributed by atoms with Crippen molar-refractivity contribution >= 4 is 28.4 Å². The highest BCUT2D eigenvalue weighted by atomic mass is 127. The lowest BCUT2D eigenvalue weighted by Crippen LogP contribution is -2.01. The van der Waals surface area contributed by atoms with E-state index in [1.54, 1.807) is 22.6 Å². The molecule has 0 radical (unpaired) electrons. The standard InChI is InChI=1S/C8H5F2IO/c1-4(12)8-6(9)2-5(11)3-7(8)10/h2-3H,1H3. The number of benzene rings is 1. The summed E-state index contributed by atoms with van der Waals surface area (Å²) in [5, 5.41) is 0. The molecule has 0 aliphatic rings. The normalized spacial score (nSPS) is 10.0. The third kappa shape index (κ3) is 1.80. The van der Waals surface area contributed by atoms with Crippen LogP contribution in [0.2, 0.25) is 0 Å². The molecular formula is C8H5F2IO. The average molecular weight is 282 g/mol. The van der Waals surface area contributed by atoms with Crippen LogP contribution in [0.3, 0.4) is 0 Å². The molecule has 0 aliphatic carbocycles. The summed E-state index contributed by atoms with van der Waals surface area (Å²) in [6.45, 7) is 1.13. The summed E-state index contributed by atoms with van der Waals surface area (Å²) in [5.74, 6) is -2.19. The van der Waals surface area contributed by atoms with E-state index in [-0.39, 0.29) is 0 Å². The fourth-order valence-electron chi connectivity index (χ4n) is 0.879. The smallest absolute Gasteiger partial charge is 0.165 e. The molecule has 64 valence electrons. The highest BCUT2D eigenvalue weighted by Gasteiger charge is 2.13. The second-order valence-electron chi connectivity index (χ2n) is 2.30. The molecule has 0 aliphatic heterocycles. The van der Waals surface area contributed by atoms with Gasteiger partial charge < -0.3 is 0 Å². The lowest BCUT2D eigenvalue weighted by Gasteiger charge is -2.00. The van der Waals surface area contributed by atoms with Crippen LogP contribution in [-0.4, -0.2) is 5.78 Å². The van der Waals surface area contributed by atoms with E-state index < -0.39 is 23.0 Å². The van der Waals surface area contributed by atoms with Gasteiger partial charge in [-0.15, -0.1) is 0 Å². The lowest BCUT2D eigenvalue weighted by atomic mass is 10.1. The summed E-state index contributed by atoms with van der Waals surface area (Å²) in [6.07, 6.45) is 0. The Balaban J connectivity index is 3.38. The number of ketones is 1. The van der Waals surface area contributed by atoms with Gasteiger partial charge in [-0.2, -0.15) is 0 Å². The molecule has 1 aromatic rings. The van der Waals surface area contributed by atoms with E-state index in [4.69, 9.17) is 0 Å². The van der Waals surface area contributed by atoms with E-state index in [1.165, 1.54) is 0 Å². The van der Waals surface area contributed by atoms with Gasteiger partial charge in [-0.25, -0.2) is 8.78 Å². The van der Waals surface area contributed by atoms with Gasteiger partial charge in [0.25, 0.3) is 0 Å². The predicted molar refractivity (Wildman–Crippen MR) is 49.1 cm³/mol. The molecule has 1 rings (SSSR count). The molecule has 1 aromatic carbocycles. The fraction of sp³-hybridized carbons (Fsp3) is 0.125. The first-order valence-corrected chi connectivity index (χ1v) is 4.25. The molecule has 0 saturated heterocycles. The van der Waals surface area contributed by atoms with Crippen molar-refractivity contribution in [2.75, 3.05) is 0 Å². The molecular weight excluding hydrogens is 277 g/mol. The zero-order chi connectivity index (χ0) is 9.30. The van der Waals surface area contributed by atoms with Crippen molar-refractivity contribution in [3.8, 4) is 0 Å². The first-order chi connectivity index (χ1) is 5.52. The quantitative estimate of drug-likeness (QED) is 0.572. The number of carbonyl (C=O) groups is 1. The molecule has 0 saturated carbocycles. The van der Waals surface area contributed by atoms with E-state index in [0.717, 1.165) is 19.1 Å². The molecule has 4 heteroatoms. The molecule has 0 unspecified atom stereocenters. The first-order valence-electron chi connectivity index (χ1n) is 3.18. The van der Waals surface area contributed by atoms with Crippen molar-refractivity contribution in [3.63, 3.8) is 0 Å². The van der Waals surface area contributed by atoms with Gasteiger partial charge >= 0.3 is 0 Å². The van der Waals surface area contributed by atoms with Gasteiger partial charge in [0, 0.05) is 3.57 Å². The SMILES string of the molecule is CC(=O)c1c(F)cc(I)cc1F. The Labute approximate surface area is 81.9 Å². The van der Waals surface area contributed by atoms with Gasteiger partial charge in [0.05, 0.1) is 5.56 Å². The van der Waals surface area contributed by atoms with Gasteiger partial charge in [0.2, 0.25) is 0 Å². The van der Waals surface area contributed by atoms with Crippen molar-refractivity contribution in [3.05, 3.63) is 32.9 Å².